The first-order chi connectivity index (χ1) is 11.5. The summed E-state index contributed by atoms with van der Waals surface area (Å²) in [5, 5.41) is 7.45. The molecule has 0 unspecified atom stereocenters. The zero-order valence-electron chi connectivity index (χ0n) is 14.8. The SMILES string of the molecule is CC(C)n1cc([C@@H](C)NC(=O)N(C2CC2)[C@H](C)c2ccco2)cn1. The summed E-state index contributed by atoms with van der Waals surface area (Å²) in [5.41, 5.74) is 1.01. The van der Waals surface area contributed by atoms with E-state index in [0.29, 0.717) is 12.1 Å². The number of nitrogens with one attached hydrogen (secondary N) is 1. The number of nitrogens with zero attached hydrogens (tertiary/aromatic N) is 3. The highest BCUT2D eigenvalue weighted by Crippen LogP contribution is 2.34. The van der Waals surface area contributed by atoms with Gasteiger partial charge in [0.25, 0.3) is 0 Å². The molecule has 0 bridgehead atoms. The van der Waals surface area contributed by atoms with Crippen LogP contribution >= 0.6 is 0 Å². The summed E-state index contributed by atoms with van der Waals surface area (Å²) >= 11 is 0. The van der Waals surface area contributed by atoms with Crippen LogP contribution in [0.5, 0.6) is 0 Å². The molecular formula is C18H26N4O2. The van der Waals surface area contributed by atoms with Crippen molar-refractivity contribution in [1.29, 1.82) is 0 Å². The maximum atomic E-state index is 12.8. The van der Waals surface area contributed by atoms with E-state index in [0.717, 1.165) is 24.2 Å². The van der Waals surface area contributed by atoms with Crippen LogP contribution in [0.4, 0.5) is 4.79 Å². The van der Waals surface area contributed by atoms with E-state index < -0.39 is 0 Å². The molecule has 0 spiro atoms. The fourth-order valence-electron chi connectivity index (χ4n) is 2.88. The molecule has 1 N–H and O–H groups in total. The second kappa shape index (κ2) is 6.71. The lowest BCUT2D eigenvalue weighted by Crippen LogP contribution is -2.43. The van der Waals surface area contributed by atoms with Gasteiger partial charge in [0.05, 0.1) is 24.5 Å². The molecule has 2 aromatic heterocycles. The molecule has 0 saturated heterocycles. The smallest absolute Gasteiger partial charge is 0.318 e. The van der Waals surface area contributed by atoms with Crippen molar-refractivity contribution in [2.24, 2.45) is 0 Å². The molecule has 1 saturated carbocycles. The lowest BCUT2D eigenvalue weighted by Gasteiger charge is -2.29. The standard InChI is InChI=1S/C18H26N4O2/c1-12(2)21-11-15(10-19-21)13(3)20-18(23)22(16-7-8-16)14(4)17-6-5-9-24-17/h5-6,9-14,16H,7-8H2,1-4H3,(H,20,23)/t13-,14-/m1/s1. The second-order valence-electron chi connectivity index (χ2n) is 6.85. The zero-order valence-corrected chi connectivity index (χ0v) is 14.8. The summed E-state index contributed by atoms with van der Waals surface area (Å²) in [6, 6.07) is 4.18. The third-order valence-corrected chi connectivity index (χ3v) is 4.54. The van der Waals surface area contributed by atoms with Crippen LogP contribution in [0.25, 0.3) is 0 Å². The van der Waals surface area contributed by atoms with Crippen LogP contribution in [0.1, 0.15) is 70.0 Å². The lowest BCUT2D eigenvalue weighted by atomic mass is 10.2. The molecule has 2 heterocycles. The van der Waals surface area contributed by atoms with E-state index in [-0.39, 0.29) is 18.1 Å². The average Bonchev–Trinajstić information content (AvgIpc) is 3.07. The molecule has 1 aliphatic carbocycles. The Morgan fingerprint density at radius 1 is 1.38 bits per heavy atom. The van der Waals surface area contributed by atoms with Gasteiger partial charge in [0.2, 0.25) is 0 Å². The third-order valence-electron chi connectivity index (χ3n) is 4.54. The molecule has 2 aromatic rings. The van der Waals surface area contributed by atoms with Crippen molar-refractivity contribution >= 4 is 6.03 Å². The Morgan fingerprint density at radius 2 is 2.12 bits per heavy atom. The van der Waals surface area contributed by atoms with E-state index in [1.54, 1.807) is 6.26 Å². The van der Waals surface area contributed by atoms with Crippen molar-refractivity contribution < 1.29 is 9.21 Å². The zero-order chi connectivity index (χ0) is 17.3. The number of hydrogen-bond acceptors (Lipinski definition) is 3. The quantitative estimate of drug-likeness (QED) is 0.869. The Kier molecular flexibility index (Phi) is 4.64. The minimum atomic E-state index is -0.0879. The van der Waals surface area contributed by atoms with Crippen molar-refractivity contribution in [3.8, 4) is 0 Å². The van der Waals surface area contributed by atoms with Gasteiger partial charge in [-0.2, -0.15) is 5.10 Å². The second-order valence-corrected chi connectivity index (χ2v) is 6.85. The summed E-state index contributed by atoms with van der Waals surface area (Å²) in [6.07, 6.45) is 7.57. The highest BCUT2D eigenvalue weighted by atomic mass is 16.3. The van der Waals surface area contributed by atoms with Crippen LogP contribution in [0.3, 0.4) is 0 Å². The predicted octanol–water partition coefficient (Wildman–Crippen LogP) is 4.05. The summed E-state index contributed by atoms with van der Waals surface area (Å²) in [7, 11) is 0. The van der Waals surface area contributed by atoms with Crippen molar-refractivity contribution in [2.45, 2.75) is 64.7 Å². The first-order valence-corrected chi connectivity index (χ1v) is 8.63. The summed E-state index contributed by atoms with van der Waals surface area (Å²) < 4.78 is 7.39. The highest BCUT2D eigenvalue weighted by molar-refractivity contribution is 5.76. The largest absolute Gasteiger partial charge is 0.467 e. The molecule has 130 valence electrons. The fourth-order valence-corrected chi connectivity index (χ4v) is 2.88. The molecule has 2 atom stereocenters. The maximum absolute atomic E-state index is 12.8. The molecule has 1 fully saturated rings. The van der Waals surface area contributed by atoms with E-state index in [2.05, 4.69) is 24.3 Å². The van der Waals surface area contributed by atoms with Gasteiger partial charge in [0, 0.05) is 23.8 Å². The van der Waals surface area contributed by atoms with Crippen LogP contribution in [0, 0.1) is 0 Å². The van der Waals surface area contributed by atoms with Gasteiger partial charge in [-0.1, -0.05) is 0 Å². The molecular weight excluding hydrogens is 304 g/mol. The van der Waals surface area contributed by atoms with Gasteiger partial charge in [-0.15, -0.1) is 0 Å². The summed E-state index contributed by atoms with van der Waals surface area (Å²) in [5.74, 6) is 0.817. The lowest BCUT2D eigenvalue weighted by molar-refractivity contribution is 0.163. The van der Waals surface area contributed by atoms with Gasteiger partial charge in [-0.05, 0) is 52.7 Å². The molecule has 0 aromatic carbocycles. The summed E-state index contributed by atoms with van der Waals surface area (Å²) in [6.45, 7) is 8.17. The molecule has 24 heavy (non-hydrogen) atoms. The molecule has 2 amide bonds. The minimum absolute atomic E-state index is 0.0498. The first-order valence-electron chi connectivity index (χ1n) is 8.63. The Morgan fingerprint density at radius 3 is 2.67 bits per heavy atom. The van der Waals surface area contributed by atoms with E-state index >= 15 is 0 Å². The highest BCUT2D eigenvalue weighted by Gasteiger charge is 2.37. The molecule has 0 radical (unpaired) electrons. The van der Waals surface area contributed by atoms with Gasteiger partial charge in [0.15, 0.2) is 0 Å². The van der Waals surface area contributed by atoms with Crippen molar-refractivity contribution in [3.63, 3.8) is 0 Å². The predicted molar refractivity (Wildman–Crippen MR) is 91.5 cm³/mol. The monoisotopic (exact) mass is 330 g/mol. The van der Waals surface area contributed by atoms with Crippen LogP contribution in [-0.2, 0) is 0 Å². The third kappa shape index (κ3) is 3.47. The molecule has 0 aliphatic heterocycles. The molecule has 6 heteroatoms. The number of carbonyl (C=O) groups excluding carboxylic acids is 1. The number of urea groups is 1. The minimum Gasteiger partial charge on any atom is -0.467 e. The maximum Gasteiger partial charge on any atom is 0.318 e. The average molecular weight is 330 g/mol. The van der Waals surface area contributed by atoms with Crippen LogP contribution in [-0.4, -0.2) is 26.8 Å². The van der Waals surface area contributed by atoms with Gasteiger partial charge in [0.1, 0.15) is 5.76 Å². The molecule has 1 aliphatic rings. The summed E-state index contributed by atoms with van der Waals surface area (Å²) in [4.78, 5) is 14.7. The van der Waals surface area contributed by atoms with E-state index in [9.17, 15) is 4.79 Å². The topological polar surface area (TPSA) is 63.3 Å². The number of aromatic nitrogens is 2. The van der Waals surface area contributed by atoms with E-state index in [1.807, 2.05) is 48.0 Å². The van der Waals surface area contributed by atoms with Gasteiger partial charge >= 0.3 is 6.03 Å². The normalized spacial score (nSPS) is 16.9. The Balaban J connectivity index is 1.69. The molecule has 3 rings (SSSR count). The van der Waals surface area contributed by atoms with E-state index in [1.165, 1.54) is 0 Å². The Bertz CT molecular complexity index is 673. The number of carbonyl (C=O) groups is 1. The number of rotatable bonds is 6. The van der Waals surface area contributed by atoms with Gasteiger partial charge < -0.3 is 14.6 Å². The first kappa shape index (κ1) is 16.6. The van der Waals surface area contributed by atoms with E-state index in [4.69, 9.17) is 4.42 Å². The van der Waals surface area contributed by atoms with Crippen molar-refractivity contribution in [1.82, 2.24) is 20.0 Å². The van der Waals surface area contributed by atoms with Crippen molar-refractivity contribution in [3.05, 3.63) is 42.1 Å². The molecule has 6 nitrogen and oxygen atoms in total. The van der Waals surface area contributed by atoms with Crippen LogP contribution in [0.15, 0.2) is 35.2 Å². The van der Waals surface area contributed by atoms with Crippen LogP contribution < -0.4 is 5.32 Å². The Hall–Kier alpha value is -2.24. The van der Waals surface area contributed by atoms with Gasteiger partial charge in [-0.3, -0.25) is 4.68 Å². The number of amides is 2. The van der Waals surface area contributed by atoms with Crippen LogP contribution in [0.2, 0.25) is 0 Å². The fraction of sp³-hybridized carbons (Fsp3) is 0.556. The van der Waals surface area contributed by atoms with Gasteiger partial charge in [-0.25, -0.2) is 4.79 Å². The van der Waals surface area contributed by atoms with Crippen molar-refractivity contribution in [2.75, 3.05) is 0 Å². The Labute approximate surface area is 142 Å². The number of hydrogen-bond donors (Lipinski definition) is 1. The number of furan rings is 1.